The van der Waals surface area contributed by atoms with Crippen LogP contribution in [0.15, 0.2) is 54.6 Å². The van der Waals surface area contributed by atoms with Crippen LogP contribution in [0.1, 0.15) is 48.9 Å². The maximum Gasteiger partial charge on any atom is 0.410 e. The Hall–Kier alpha value is -3.42. The van der Waals surface area contributed by atoms with Gasteiger partial charge in [-0.3, -0.25) is 14.5 Å². The molecule has 2 aliphatic heterocycles. The van der Waals surface area contributed by atoms with Gasteiger partial charge in [0.2, 0.25) is 11.8 Å². The molecule has 2 aromatic carbocycles. The van der Waals surface area contributed by atoms with Gasteiger partial charge in [-0.05, 0) is 22.6 Å². The zero-order chi connectivity index (χ0) is 24.2. The Bertz CT molecular complexity index is 1030. The molecule has 2 heterocycles. The summed E-state index contributed by atoms with van der Waals surface area (Å²) in [5, 5.41) is 3.04. The molecule has 8 heteroatoms. The number of halogens is 1. The zero-order valence-electron chi connectivity index (χ0n) is 19.4. The van der Waals surface area contributed by atoms with Crippen LogP contribution in [-0.2, 0) is 14.3 Å². The fraction of sp³-hybridized carbons (Fsp3) is 0.423. The van der Waals surface area contributed by atoms with E-state index in [4.69, 9.17) is 4.74 Å². The molecule has 0 saturated carbocycles. The van der Waals surface area contributed by atoms with Crippen molar-refractivity contribution in [2.24, 2.45) is 0 Å². The minimum absolute atomic E-state index is 0.0736. The van der Waals surface area contributed by atoms with Crippen LogP contribution in [0.3, 0.4) is 0 Å². The summed E-state index contributed by atoms with van der Waals surface area (Å²) < 4.78 is 19.2. The van der Waals surface area contributed by atoms with E-state index >= 15 is 0 Å². The first-order valence-electron chi connectivity index (χ1n) is 11.6. The van der Waals surface area contributed by atoms with E-state index in [-0.39, 0.29) is 26.1 Å². The van der Waals surface area contributed by atoms with E-state index in [0.29, 0.717) is 12.5 Å². The lowest BCUT2D eigenvalue weighted by molar-refractivity contribution is -0.139. The molecule has 7 nitrogen and oxygen atoms in total. The Labute approximate surface area is 198 Å². The number of ether oxygens (including phenoxy) is 1. The molecule has 2 aromatic rings. The number of alkyl halides is 1. The molecular weight excluding hydrogens is 437 g/mol. The van der Waals surface area contributed by atoms with Gasteiger partial charge in [0.1, 0.15) is 25.4 Å². The van der Waals surface area contributed by atoms with Crippen molar-refractivity contribution in [3.05, 3.63) is 71.3 Å². The van der Waals surface area contributed by atoms with E-state index in [0.717, 1.165) is 11.1 Å². The molecule has 4 rings (SSSR count). The summed E-state index contributed by atoms with van der Waals surface area (Å²) in [5.41, 5.74) is 2.98. The molecule has 34 heavy (non-hydrogen) atoms. The van der Waals surface area contributed by atoms with Crippen molar-refractivity contribution in [2.45, 2.75) is 44.4 Å². The van der Waals surface area contributed by atoms with Gasteiger partial charge in [-0.2, -0.15) is 0 Å². The number of benzene rings is 2. The molecular formula is C26H30FN3O4. The minimum atomic E-state index is -1.30. The van der Waals surface area contributed by atoms with Crippen molar-refractivity contribution in [3.63, 3.8) is 0 Å². The summed E-state index contributed by atoms with van der Waals surface area (Å²) in [4.78, 5) is 40.5. The number of carbonyl (C=O) groups excluding carboxylic acids is 3. The molecule has 0 spiro atoms. The van der Waals surface area contributed by atoms with Crippen LogP contribution in [0.2, 0.25) is 0 Å². The summed E-state index contributed by atoms with van der Waals surface area (Å²) in [6.07, 6.45) is -1.94. The molecule has 0 bridgehead atoms. The second-order valence-electron chi connectivity index (χ2n) is 9.10. The molecule has 3 atom stereocenters. The predicted octanol–water partition coefficient (Wildman–Crippen LogP) is 3.41. The van der Waals surface area contributed by atoms with Crippen LogP contribution in [0.4, 0.5) is 9.18 Å². The Kier molecular flexibility index (Phi) is 7.14. The molecule has 2 fully saturated rings. The first-order chi connectivity index (χ1) is 16.3. The summed E-state index contributed by atoms with van der Waals surface area (Å²) in [6.45, 7) is 4.36. The number of cyclic esters (lactones) is 1. The van der Waals surface area contributed by atoms with Crippen molar-refractivity contribution >= 4 is 17.9 Å². The van der Waals surface area contributed by atoms with Gasteiger partial charge in [-0.1, -0.05) is 68.4 Å². The van der Waals surface area contributed by atoms with Gasteiger partial charge < -0.3 is 15.0 Å². The lowest BCUT2D eigenvalue weighted by Crippen LogP contribution is -2.49. The van der Waals surface area contributed by atoms with E-state index in [9.17, 15) is 18.8 Å². The number of likely N-dealkylation sites (tertiary alicyclic amines) is 1. The summed E-state index contributed by atoms with van der Waals surface area (Å²) >= 11 is 0. The van der Waals surface area contributed by atoms with E-state index < -0.39 is 36.2 Å². The van der Waals surface area contributed by atoms with Crippen molar-refractivity contribution in [1.29, 1.82) is 0 Å². The number of carbonyl (C=O) groups is 3. The molecule has 2 aliphatic rings. The van der Waals surface area contributed by atoms with E-state index in [1.807, 2.05) is 54.6 Å². The predicted molar refractivity (Wildman–Crippen MR) is 125 cm³/mol. The van der Waals surface area contributed by atoms with Crippen molar-refractivity contribution in [3.8, 4) is 0 Å². The highest BCUT2D eigenvalue weighted by atomic mass is 19.1. The molecule has 180 valence electrons. The third kappa shape index (κ3) is 5.21. The maximum absolute atomic E-state index is 14.4. The molecule has 0 aliphatic carbocycles. The van der Waals surface area contributed by atoms with E-state index in [2.05, 4.69) is 19.2 Å². The first-order valence-corrected chi connectivity index (χ1v) is 11.6. The Morgan fingerprint density at radius 3 is 2.32 bits per heavy atom. The Morgan fingerprint density at radius 2 is 1.71 bits per heavy atom. The molecule has 2 saturated heterocycles. The number of amides is 3. The van der Waals surface area contributed by atoms with E-state index in [1.54, 1.807) is 0 Å². The molecule has 0 aromatic heterocycles. The van der Waals surface area contributed by atoms with Gasteiger partial charge in [-0.25, -0.2) is 9.18 Å². The number of rotatable bonds is 7. The highest BCUT2D eigenvalue weighted by molar-refractivity contribution is 5.90. The largest absolute Gasteiger partial charge is 0.448 e. The number of hydrogen-bond donors (Lipinski definition) is 1. The quantitative estimate of drug-likeness (QED) is 0.677. The topological polar surface area (TPSA) is 79.0 Å². The number of nitrogens with zero attached hydrogens (tertiary/aromatic N) is 2. The lowest BCUT2D eigenvalue weighted by atomic mass is 9.95. The third-order valence-corrected chi connectivity index (χ3v) is 6.40. The Morgan fingerprint density at radius 1 is 1.06 bits per heavy atom. The summed E-state index contributed by atoms with van der Waals surface area (Å²) in [7, 11) is 0. The maximum atomic E-state index is 14.4. The number of hydrogen-bond acceptors (Lipinski definition) is 4. The van der Waals surface area contributed by atoms with Crippen LogP contribution < -0.4 is 5.32 Å². The molecule has 3 amide bonds. The molecule has 3 unspecified atom stereocenters. The summed E-state index contributed by atoms with van der Waals surface area (Å²) in [5.74, 6) is -0.498. The van der Waals surface area contributed by atoms with Crippen LogP contribution in [0.25, 0.3) is 0 Å². The summed E-state index contributed by atoms with van der Waals surface area (Å²) in [6, 6.07) is 16.2. The molecule has 1 N–H and O–H groups in total. The van der Waals surface area contributed by atoms with Gasteiger partial charge in [-0.15, -0.1) is 0 Å². The van der Waals surface area contributed by atoms with Crippen molar-refractivity contribution < 1.29 is 23.5 Å². The SMILES string of the molecule is CC(C)c1ccc(C(NC(=O)C2CC(F)CN2C(=O)CN2CCOC2=O)c2ccccc2)cc1. The fourth-order valence-corrected chi connectivity index (χ4v) is 4.45. The van der Waals surface area contributed by atoms with Crippen LogP contribution in [-0.4, -0.2) is 66.2 Å². The van der Waals surface area contributed by atoms with Crippen LogP contribution in [0.5, 0.6) is 0 Å². The van der Waals surface area contributed by atoms with Crippen molar-refractivity contribution in [1.82, 2.24) is 15.1 Å². The average molecular weight is 468 g/mol. The minimum Gasteiger partial charge on any atom is -0.448 e. The molecule has 0 radical (unpaired) electrons. The normalized spacial score (nSPS) is 21.0. The Balaban J connectivity index is 1.53. The van der Waals surface area contributed by atoms with Crippen molar-refractivity contribution in [2.75, 3.05) is 26.2 Å². The monoisotopic (exact) mass is 467 g/mol. The van der Waals surface area contributed by atoms with Gasteiger partial charge in [0.25, 0.3) is 0 Å². The second kappa shape index (κ2) is 10.2. The van der Waals surface area contributed by atoms with Crippen LogP contribution in [0, 0.1) is 0 Å². The van der Waals surface area contributed by atoms with Gasteiger partial charge in [0.15, 0.2) is 0 Å². The zero-order valence-corrected chi connectivity index (χ0v) is 19.4. The number of nitrogens with one attached hydrogen (secondary N) is 1. The van der Waals surface area contributed by atoms with E-state index in [1.165, 1.54) is 15.4 Å². The van der Waals surface area contributed by atoms with Gasteiger partial charge >= 0.3 is 6.09 Å². The van der Waals surface area contributed by atoms with Gasteiger partial charge in [0, 0.05) is 6.42 Å². The standard InChI is InChI=1S/C26H30FN3O4/c1-17(2)18-8-10-20(11-9-18)24(19-6-4-3-5-7-19)28-25(32)22-14-21(27)15-30(22)23(31)16-29-12-13-34-26(29)33/h3-11,17,21-22,24H,12-16H2,1-2H3,(H,28,32). The fourth-order valence-electron chi connectivity index (χ4n) is 4.45. The lowest BCUT2D eigenvalue weighted by Gasteiger charge is -2.28. The first kappa shape index (κ1) is 23.7. The van der Waals surface area contributed by atoms with Crippen LogP contribution >= 0.6 is 0 Å². The smallest absolute Gasteiger partial charge is 0.410 e. The second-order valence-corrected chi connectivity index (χ2v) is 9.10. The third-order valence-electron chi connectivity index (χ3n) is 6.40. The average Bonchev–Trinajstić information content (AvgIpc) is 3.43. The highest BCUT2D eigenvalue weighted by Crippen LogP contribution is 2.27. The highest BCUT2D eigenvalue weighted by Gasteiger charge is 2.41. The van der Waals surface area contributed by atoms with Gasteiger partial charge in [0.05, 0.1) is 19.1 Å².